The van der Waals surface area contributed by atoms with Gasteiger partial charge in [-0.05, 0) is 25.1 Å². The van der Waals surface area contributed by atoms with Gasteiger partial charge in [0.15, 0.2) is 17.3 Å². The molecule has 26 heavy (non-hydrogen) atoms. The number of anilines is 2. The molecule has 1 aromatic heterocycles. The summed E-state index contributed by atoms with van der Waals surface area (Å²) in [6, 6.07) is 5.54. The molecule has 0 amide bonds. The zero-order valence-corrected chi connectivity index (χ0v) is 14.3. The molecule has 0 radical (unpaired) electrons. The second-order valence-electron chi connectivity index (χ2n) is 5.50. The summed E-state index contributed by atoms with van der Waals surface area (Å²) >= 11 is 0. The van der Waals surface area contributed by atoms with Gasteiger partial charge in [-0.1, -0.05) is 0 Å². The number of halogens is 2. The fourth-order valence-corrected chi connectivity index (χ4v) is 2.44. The molecular weight excluding hydrogens is 344 g/mol. The van der Waals surface area contributed by atoms with Crippen molar-refractivity contribution in [3.05, 3.63) is 47.8 Å². The van der Waals surface area contributed by atoms with Crippen molar-refractivity contribution in [2.24, 2.45) is 0 Å². The molecule has 3 rings (SSSR count). The lowest BCUT2D eigenvalue weighted by atomic mass is 10.1. The highest BCUT2D eigenvalue weighted by Crippen LogP contribution is 2.35. The van der Waals surface area contributed by atoms with E-state index in [9.17, 15) is 13.6 Å². The first-order valence-corrected chi connectivity index (χ1v) is 7.63. The van der Waals surface area contributed by atoms with Gasteiger partial charge in [0.05, 0.1) is 18.3 Å². The molecular formula is C18H15F2N3O3. The molecule has 134 valence electrons. The minimum atomic E-state index is -0.717. The van der Waals surface area contributed by atoms with Gasteiger partial charge in [-0.25, -0.2) is 18.7 Å². The molecule has 0 spiro atoms. The highest BCUT2D eigenvalue weighted by molar-refractivity contribution is 5.93. The van der Waals surface area contributed by atoms with Crippen LogP contribution in [-0.2, 0) is 4.79 Å². The Balaban J connectivity index is 2.11. The highest BCUT2D eigenvalue weighted by Gasteiger charge is 2.15. The highest BCUT2D eigenvalue weighted by atomic mass is 19.1. The molecule has 1 heterocycles. The van der Waals surface area contributed by atoms with E-state index in [4.69, 9.17) is 9.47 Å². The molecule has 8 heteroatoms. The number of aromatic nitrogens is 2. The number of nitrogens with zero attached hydrogens (tertiary/aromatic N) is 2. The number of carbonyl (C=O) groups excluding carboxylic acids is 1. The summed E-state index contributed by atoms with van der Waals surface area (Å²) in [7, 11) is 1.44. The molecule has 0 aliphatic rings. The Hall–Kier alpha value is -3.29. The van der Waals surface area contributed by atoms with Gasteiger partial charge < -0.3 is 14.8 Å². The van der Waals surface area contributed by atoms with Crippen molar-refractivity contribution in [2.75, 3.05) is 12.4 Å². The zero-order valence-electron chi connectivity index (χ0n) is 14.3. The van der Waals surface area contributed by atoms with Gasteiger partial charge >= 0.3 is 5.97 Å². The largest absolute Gasteiger partial charge is 0.493 e. The van der Waals surface area contributed by atoms with E-state index in [1.165, 1.54) is 39.4 Å². The second kappa shape index (κ2) is 6.91. The molecule has 0 fully saturated rings. The van der Waals surface area contributed by atoms with Crippen LogP contribution in [0.3, 0.4) is 0 Å². The van der Waals surface area contributed by atoms with Gasteiger partial charge in [-0.3, -0.25) is 4.79 Å². The third kappa shape index (κ3) is 3.26. The standard InChI is InChI=1S/C18H15F2N3O3/c1-9-12(19)4-5-13(17(9)20)23-18-11-6-16(26-10(2)24)15(25-3)7-14(11)21-8-22-18/h4-8H,1-3H3,(H,21,22,23). The lowest BCUT2D eigenvalue weighted by molar-refractivity contribution is -0.132. The summed E-state index contributed by atoms with van der Waals surface area (Å²) in [5.74, 6) is -1.10. The van der Waals surface area contributed by atoms with Crippen LogP contribution in [0.4, 0.5) is 20.3 Å². The quantitative estimate of drug-likeness (QED) is 0.563. The van der Waals surface area contributed by atoms with E-state index in [0.29, 0.717) is 16.7 Å². The average Bonchev–Trinajstić information content (AvgIpc) is 2.61. The van der Waals surface area contributed by atoms with Gasteiger partial charge in [0.1, 0.15) is 18.0 Å². The monoisotopic (exact) mass is 359 g/mol. The Morgan fingerprint density at radius 3 is 2.62 bits per heavy atom. The van der Waals surface area contributed by atoms with Crippen LogP contribution in [0.15, 0.2) is 30.6 Å². The molecule has 0 aliphatic carbocycles. The third-order valence-electron chi connectivity index (χ3n) is 3.75. The Labute approximate surface area is 147 Å². The fraction of sp³-hybridized carbons (Fsp3) is 0.167. The molecule has 0 bridgehead atoms. The number of esters is 1. The lowest BCUT2D eigenvalue weighted by Crippen LogP contribution is -2.04. The number of nitrogens with one attached hydrogen (secondary N) is 1. The Morgan fingerprint density at radius 2 is 1.92 bits per heavy atom. The maximum atomic E-state index is 14.3. The molecule has 0 unspecified atom stereocenters. The number of rotatable bonds is 4. The summed E-state index contributed by atoms with van der Waals surface area (Å²) in [4.78, 5) is 19.5. The van der Waals surface area contributed by atoms with Crippen LogP contribution in [-0.4, -0.2) is 23.0 Å². The van der Waals surface area contributed by atoms with E-state index in [2.05, 4.69) is 15.3 Å². The topological polar surface area (TPSA) is 73.3 Å². The van der Waals surface area contributed by atoms with Gasteiger partial charge in [-0.2, -0.15) is 0 Å². The van der Waals surface area contributed by atoms with Crippen molar-refractivity contribution in [3.8, 4) is 11.5 Å². The van der Waals surface area contributed by atoms with Crippen LogP contribution in [0.1, 0.15) is 12.5 Å². The zero-order chi connectivity index (χ0) is 18.8. The van der Waals surface area contributed by atoms with Crippen LogP contribution >= 0.6 is 0 Å². The maximum absolute atomic E-state index is 14.3. The number of benzene rings is 2. The average molecular weight is 359 g/mol. The number of ether oxygens (including phenoxy) is 2. The van der Waals surface area contributed by atoms with E-state index in [1.807, 2.05) is 0 Å². The van der Waals surface area contributed by atoms with Crippen LogP contribution in [0.2, 0.25) is 0 Å². The van der Waals surface area contributed by atoms with Crippen molar-refractivity contribution in [3.63, 3.8) is 0 Å². The molecule has 6 nitrogen and oxygen atoms in total. The van der Waals surface area contributed by atoms with E-state index in [-0.39, 0.29) is 22.8 Å². The summed E-state index contributed by atoms with van der Waals surface area (Å²) < 4.78 is 38.1. The molecule has 0 aliphatic heterocycles. The van der Waals surface area contributed by atoms with E-state index >= 15 is 0 Å². The number of fused-ring (bicyclic) bond motifs is 1. The summed E-state index contributed by atoms with van der Waals surface area (Å²) in [6.45, 7) is 2.61. The van der Waals surface area contributed by atoms with Gasteiger partial charge in [0.25, 0.3) is 0 Å². The van der Waals surface area contributed by atoms with Crippen molar-refractivity contribution < 1.29 is 23.0 Å². The predicted molar refractivity (Wildman–Crippen MR) is 91.8 cm³/mol. The van der Waals surface area contributed by atoms with Crippen molar-refractivity contribution in [1.82, 2.24) is 9.97 Å². The summed E-state index contributed by atoms with van der Waals surface area (Å²) in [6.07, 6.45) is 1.30. The molecule has 0 saturated heterocycles. The SMILES string of the molecule is COc1cc2ncnc(Nc3ccc(F)c(C)c3F)c2cc1OC(C)=O. The Kier molecular flexibility index (Phi) is 4.66. The second-order valence-corrected chi connectivity index (χ2v) is 5.50. The van der Waals surface area contributed by atoms with E-state index < -0.39 is 17.6 Å². The maximum Gasteiger partial charge on any atom is 0.308 e. The van der Waals surface area contributed by atoms with Crippen molar-refractivity contribution in [1.29, 1.82) is 0 Å². The molecule has 3 aromatic rings. The van der Waals surface area contributed by atoms with Crippen LogP contribution in [0, 0.1) is 18.6 Å². The van der Waals surface area contributed by atoms with Crippen LogP contribution in [0.25, 0.3) is 10.9 Å². The third-order valence-corrected chi connectivity index (χ3v) is 3.75. The number of hydrogen-bond acceptors (Lipinski definition) is 6. The normalized spacial score (nSPS) is 10.7. The Bertz CT molecular complexity index is 1010. The van der Waals surface area contributed by atoms with Crippen LogP contribution < -0.4 is 14.8 Å². The molecule has 0 atom stereocenters. The lowest BCUT2D eigenvalue weighted by Gasteiger charge is -2.13. The number of carbonyl (C=O) groups is 1. The minimum absolute atomic E-state index is 0.0637. The smallest absolute Gasteiger partial charge is 0.308 e. The number of methoxy groups -OCH3 is 1. The van der Waals surface area contributed by atoms with E-state index in [0.717, 1.165) is 6.07 Å². The molecule has 1 N–H and O–H groups in total. The van der Waals surface area contributed by atoms with Crippen molar-refractivity contribution >= 4 is 28.4 Å². The first kappa shape index (κ1) is 17.5. The number of hydrogen-bond donors (Lipinski definition) is 1. The minimum Gasteiger partial charge on any atom is -0.493 e. The molecule has 0 saturated carbocycles. The van der Waals surface area contributed by atoms with E-state index in [1.54, 1.807) is 6.07 Å². The van der Waals surface area contributed by atoms with Gasteiger partial charge in [0, 0.05) is 23.9 Å². The first-order valence-electron chi connectivity index (χ1n) is 7.63. The molecule has 2 aromatic carbocycles. The Morgan fingerprint density at radius 1 is 1.15 bits per heavy atom. The first-order chi connectivity index (χ1) is 12.4. The fourth-order valence-electron chi connectivity index (χ4n) is 2.44. The van der Waals surface area contributed by atoms with Crippen LogP contribution in [0.5, 0.6) is 11.5 Å². The summed E-state index contributed by atoms with van der Waals surface area (Å²) in [5.41, 5.74) is 0.457. The van der Waals surface area contributed by atoms with Gasteiger partial charge in [-0.15, -0.1) is 0 Å². The van der Waals surface area contributed by atoms with Gasteiger partial charge in [0.2, 0.25) is 0 Å². The predicted octanol–water partition coefficient (Wildman–Crippen LogP) is 3.89. The summed E-state index contributed by atoms with van der Waals surface area (Å²) in [5, 5.41) is 3.30. The van der Waals surface area contributed by atoms with Crippen molar-refractivity contribution in [2.45, 2.75) is 13.8 Å².